The number of rotatable bonds is 7. The molecule has 1 N–H and O–H groups in total. The van der Waals surface area contributed by atoms with Crippen LogP contribution >= 0.6 is 11.6 Å². The van der Waals surface area contributed by atoms with E-state index in [1.165, 1.54) is 4.90 Å². The summed E-state index contributed by atoms with van der Waals surface area (Å²) in [6.07, 6.45) is -1.48. The van der Waals surface area contributed by atoms with E-state index in [-0.39, 0.29) is 31.5 Å². The van der Waals surface area contributed by atoms with Crippen molar-refractivity contribution in [3.63, 3.8) is 0 Å². The second-order valence-corrected chi connectivity index (χ2v) is 8.24. The number of aliphatic hydroxyl groups is 1. The minimum Gasteiger partial charge on any atom is -0.385 e. The van der Waals surface area contributed by atoms with Gasteiger partial charge in [0.25, 0.3) is 0 Å². The first-order chi connectivity index (χ1) is 24.6. The molecule has 0 unspecified atom stereocenters. The zero-order valence-electron chi connectivity index (χ0n) is 37.9. The van der Waals surface area contributed by atoms with Crippen molar-refractivity contribution < 1.29 is 37.3 Å². The molecule has 3 aromatic rings. The zero-order chi connectivity index (χ0) is 41.4. The fraction of sp³-hybridized carbons (Fsp3) is 0.345. The molecule has 178 valence electrons. The molecule has 4 nitrogen and oxygen atoms in total. The number of piperidine rings is 1. The van der Waals surface area contributed by atoms with Crippen LogP contribution in [0.4, 0.5) is 0 Å². The van der Waals surface area contributed by atoms with Crippen LogP contribution in [0.5, 0.6) is 0 Å². The number of carbonyl (C=O) groups excluding carboxylic acids is 1. The Morgan fingerprint density at radius 1 is 1.00 bits per heavy atom. The van der Waals surface area contributed by atoms with Gasteiger partial charge in [-0.2, -0.15) is 0 Å². The Morgan fingerprint density at radius 3 is 2.03 bits per heavy atom. The lowest BCUT2D eigenvalue weighted by atomic mass is 9.70. The van der Waals surface area contributed by atoms with Crippen LogP contribution in [-0.2, 0) is 15.8 Å². The van der Waals surface area contributed by atoms with Gasteiger partial charge in [0, 0.05) is 40.3 Å². The van der Waals surface area contributed by atoms with Crippen molar-refractivity contribution in [2.24, 2.45) is 0 Å². The molecule has 0 aromatic heterocycles. The van der Waals surface area contributed by atoms with E-state index in [1.807, 2.05) is 0 Å². The number of likely N-dealkylation sites (tertiary alicyclic amines) is 1. The van der Waals surface area contributed by atoms with Gasteiger partial charge in [-0.1, -0.05) is 84.1 Å². The van der Waals surface area contributed by atoms with Crippen LogP contribution in [0.2, 0.25) is 5.02 Å². The van der Waals surface area contributed by atoms with Gasteiger partial charge in [0.05, 0.1) is 24.8 Å². The molecule has 34 heavy (non-hydrogen) atoms. The lowest BCUT2D eigenvalue weighted by Crippen LogP contribution is -2.48. The van der Waals surface area contributed by atoms with E-state index >= 15 is 0 Å². The highest BCUT2D eigenvalue weighted by atomic mass is 35.5. The number of hydrogen-bond acceptors (Lipinski definition) is 3. The highest BCUT2D eigenvalue weighted by molar-refractivity contribution is 6.30. The first kappa shape index (κ1) is 9.77. The van der Waals surface area contributed by atoms with E-state index < -0.39 is 149 Å². The molecule has 0 bridgehead atoms. The van der Waals surface area contributed by atoms with Crippen LogP contribution in [0, 0.1) is 0 Å². The van der Waals surface area contributed by atoms with E-state index in [9.17, 15) is 9.90 Å². The van der Waals surface area contributed by atoms with Gasteiger partial charge in [-0.25, -0.2) is 0 Å². The maximum absolute atomic E-state index is 15.0. The van der Waals surface area contributed by atoms with Gasteiger partial charge >= 0.3 is 0 Å². The number of benzene rings is 3. The third-order valence-corrected chi connectivity index (χ3v) is 6.16. The molecule has 0 aliphatic carbocycles. The number of hydrogen-bond donors (Lipinski definition) is 1. The molecule has 1 saturated heterocycles. The van der Waals surface area contributed by atoms with Crippen LogP contribution in [0.1, 0.15) is 63.4 Å². The molecule has 4 rings (SSSR count). The molecule has 0 spiro atoms. The summed E-state index contributed by atoms with van der Waals surface area (Å²) >= 11 is 5.93. The smallest absolute Gasteiger partial charge is 0.237 e. The summed E-state index contributed by atoms with van der Waals surface area (Å²) in [5.41, 5.74) is -7.57. The van der Waals surface area contributed by atoms with Crippen LogP contribution in [0.25, 0.3) is 0 Å². The number of nitrogens with zero attached hydrogens (tertiary/aromatic N) is 2. The van der Waals surface area contributed by atoms with Crippen molar-refractivity contribution in [1.82, 2.24) is 9.80 Å². The minimum absolute atomic E-state index is 0.160. The highest BCUT2D eigenvalue weighted by Gasteiger charge is 2.43. The first-order valence-electron chi connectivity index (χ1n) is 20.3. The third-order valence-electron chi connectivity index (χ3n) is 5.97. The van der Waals surface area contributed by atoms with E-state index in [0.717, 1.165) is 0 Å². The van der Waals surface area contributed by atoms with Gasteiger partial charge in [0.1, 0.15) is 5.41 Å². The van der Waals surface area contributed by atoms with E-state index in [4.69, 9.17) is 39.0 Å². The molecule has 5 heteroatoms. The van der Waals surface area contributed by atoms with Gasteiger partial charge in [0.15, 0.2) is 0 Å². The predicted molar refractivity (Wildman–Crippen MR) is 138 cm³/mol. The van der Waals surface area contributed by atoms with Gasteiger partial charge in [-0.15, -0.1) is 0 Å². The normalized spacial score (nSPS) is 25.4. The van der Waals surface area contributed by atoms with Crippen molar-refractivity contribution in [3.8, 4) is 0 Å². The molecule has 1 aliphatic heterocycles. The average Bonchev–Trinajstić information content (AvgIpc) is 3.07. The monoisotopic (exact) mass is 496 g/mol. The SMILES string of the molecule is [2H]c1c([2H])c([2H])c(C(CCN2CCC(O)(c3c([2H])c([2H])c(Cl)c([2H])c3[2H])CC2)(C(=O)N(C([2H])([2H])[2H])C([2H])([2H])[2H])c2c([2H])c([2H])c([2H])c([2H])c2[2H])c([2H])c1[2H]. The van der Waals surface area contributed by atoms with Crippen LogP contribution in [0.15, 0.2) is 84.6 Å². The second-order valence-electron chi connectivity index (χ2n) is 7.86. The Labute approximate surface area is 235 Å². The molecule has 1 fully saturated rings. The average molecular weight is 497 g/mol. The Morgan fingerprint density at radius 2 is 1.53 bits per heavy atom. The summed E-state index contributed by atoms with van der Waals surface area (Å²) in [5.74, 6) is -1.97. The summed E-state index contributed by atoms with van der Waals surface area (Å²) in [5, 5.41) is 11.2. The number of carbonyl (C=O) groups is 1. The van der Waals surface area contributed by atoms with Crippen molar-refractivity contribution in [3.05, 3.63) is 106 Å². The topological polar surface area (TPSA) is 43.8 Å². The summed E-state index contributed by atoms with van der Waals surface area (Å²) in [6, 6.07) is -13.1. The van der Waals surface area contributed by atoms with Crippen molar-refractivity contribution in [2.75, 3.05) is 33.6 Å². The summed E-state index contributed by atoms with van der Waals surface area (Å²) < 4.78 is 166. The Hall–Kier alpha value is -2.66. The molecule has 1 heterocycles. The summed E-state index contributed by atoms with van der Waals surface area (Å²) in [7, 11) is 0. The zero-order valence-corrected chi connectivity index (χ0v) is 18.6. The maximum atomic E-state index is 15.0. The lowest BCUT2D eigenvalue weighted by molar-refractivity contribution is -0.133. The summed E-state index contributed by atoms with van der Waals surface area (Å²) in [4.78, 5) is 15.9. The van der Waals surface area contributed by atoms with Crippen LogP contribution in [0.3, 0.4) is 0 Å². The number of halogens is 1. The highest BCUT2D eigenvalue weighted by Crippen LogP contribution is 2.39. The van der Waals surface area contributed by atoms with Gasteiger partial charge in [0.2, 0.25) is 5.91 Å². The van der Waals surface area contributed by atoms with Gasteiger partial charge in [-0.05, 0) is 54.6 Å². The molecular weight excluding hydrogens is 444 g/mol. The van der Waals surface area contributed by atoms with Crippen LogP contribution in [-0.4, -0.2) is 54.4 Å². The van der Waals surface area contributed by atoms with Crippen molar-refractivity contribution in [1.29, 1.82) is 0 Å². The molecule has 0 atom stereocenters. The maximum Gasteiger partial charge on any atom is 0.237 e. The molecule has 1 aliphatic rings. The van der Waals surface area contributed by atoms with E-state index in [2.05, 4.69) is 0 Å². The molecule has 1 amide bonds. The van der Waals surface area contributed by atoms with Crippen molar-refractivity contribution >= 4 is 17.5 Å². The fourth-order valence-electron chi connectivity index (χ4n) is 4.07. The van der Waals surface area contributed by atoms with Crippen LogP contribution < -0.4 is 0 Å². The second kappa shape index (κ2) is 10.3. The number of amides is 1. The van der Waals surface area contributed by atoms with Gasteiger partial charge < -0.3 is 14.9 Å². The van der Waals surface area contributed by atoms with E-state index in [1.54, 1.807) is 0 Å². The molecule has 0 radical (unpaired) electrons. The molecule has 0 saturated carbocycles. The van der Waals surface area contributed by atoms with Crippen molar-refractivity contribution in [2.45, 2.75) is 30.3 Å². The van der Waals surface area contributed by atoms with Gasteiger partial charge in [-0.3, -0.25) is 4.79 Å². The fourth-order valence-corrected chi connectivity index (χ4v) is 4.16. The largest absolute Gasteiger partial charge is 0.385 e. The first-order valence-corrected chi connectivity index (χ1v) is 10.7. The Bertz CT molecular complexity index is 1860. The molecule has 3 aromatic carbocycles. The van der Waals surface area contributed by atoms with E-state index in [0.29, 0.717) is 0 Å². The Balaban J connectivity index is 2.03. The predicted octanol–water partition coefficient (Wildman–Crippen LogP) is 5.09. The third kappa shape index (κ3) is 4.90. The Kier molecular flexibility index (Phi) is 2.96. The molecular formula is C29H33ClN2O2. The standard InChI is InChI=1S/C29H33ClN2O2/c1-31(2)27(33)29(24-9-5-3-6-10-24,25-11-7-4-8-12-25)19-22-32-20-17-28(34,18-21-32)23-13-15-26(30)16-14-23/h3-16,34H,17-22H2,1-2H3/i1D3,2D3,3D,4D,5D,6D,7D,8D,9D,10D,11D,12D,13D,14D,15D,16D. The lowest BCUT2D eigenvalue weighted by Gasteiger charge is -2.41. The minimum atomic E-state index is -3.82. The number of likely N-dealkylation sites (N-methyl/N-ethyl adjacent to an activating group) is 1. The summed E-state index contributed by atoms with van der Waals surface area (Å²) in [6.45, 7) is -8.43. The quantitative estimate of drug-likeness (QED) is 0.495.